The van der Waals surface area contributed by atoms with E-state index in [0.717, 1.165) is 18.7 Å². The van der Waals surface area contributed by atoms with Crippen molar-refractivity contribution in [1.29, 1.82) is 0 Å². The van der Waals surface area contributed by atoms with Crippen LogP contribution in [-0.4, -0.2) is 32.6 Å². The second-order valence-electron chi connectivity index (χ2n) is 6.38. The van der Waals surface area contributed by atoms with Gasteiger partial charge in [-0.3, -0.25) is 14.9 Å². The van der Waals surface area contributed by atoms with E-state index < -0.39 is 4.92 Å². The third kappa shape index (κ3) is 3.78. The van der Waals surface area contributed by atoms with Crippen LogP contribution in [0.25, 0.3) is 0 Å². The topological polar surface area (TPSA) is 103 Å². The summed E-state index contributed by atoms with van der Waals surface area (Å²) in [6.45, 7) is 0. The van der Waals surface area contributed by atoms with E-state index in [2.05, 4.69) is 26.1 Å². The Bertz CT molecular complexity index is 1030. The first-order valence-electron chi connectivity index (χ1n) is 8.71. The molecule has 1 N–H and O–H groups in total. The minimum Gasteiger partial charge on any atom is -0.355 e. The lowest BCUT2D eigenvalue weighted by molar-refractivity contribution is -0.387. The van der Waals surface area contributed by atoms with Crippen LogP contribution in [0.1, 0.15) is 39.9 Å². The van der Waals surface area contributed by atoms with Crippen LogP contribution in [0.2, 0.25) is 0 Å². The molecule has 10 heteroatoms. The molecule has 4 rings (SSSR count). The summed E-state index contributed by atoms with van der Waals surface area (Å²) in [6, 6.07) is 8.88. The van der Waals surface area contributed by atoms with Crippen molar-refractivity contribution in [3.63, 3.8) is 0 Å². The van der Waals surface area contributed by atoms with E-state index in [1.54, 1.807) is 23.5 Å². The zero-order chi connectivity index (χ0) is 19.7. The van der Waals surface area contributed by atoms with Crippen molar-refractivity contribution in [3.05, 3.63) is 62.1 Å². The standard InChI is InChI=1S/C18H17N5O3S2/c1-19-17(24)11-4-7-15(14(9-11)23(25)26)28-18-21-20-16(22(18)12-5-6-12)10-13-3-2-8-27-13/h2-4,7-9,12H,5-6,10H2,1H3,(H,19,24). The number of benzene rings is 1. The first-order valence-corrected chi connectivity index (χ1v) is 10.4. The van der Waals surface area contributed by atoms with Crippen molar-refractivity contribution in [2.45, 2.75) is 35.4 Å². The lowest BCUT2D eigenvalue weighted by Crippen LogP contribution is -2.17. The fourth-order valence-corrected chi connectivity index (χ4v) is 4.60. The smallest absolute Gasteiger partial charge is 0.284 e. The molecule has 1 fully saturated rings. The van der Waals surface area contributed by atoms with Crippen molar-refractivity contribution in [2.24, 2.45) is 0 Å². The Morgan fingerprint density at radius 2 is 2.21 bits per heavy atom. The maximum absolute atomic E-state index is 11.8. The monoisotopic (exact) mass is 415 g/mol. The molecule has 8 nitrogen and oxygen atoms in total. The number of hydrogen-bond acceptors (Lipinski definition) is 7. The van der Waals surface area contributed by atoms with Crippen LogP contribution in [0.15, 0.2) is 45.8 Å². The molecule has 3 aromatic rings. The predicted molar refractivity (Wildman–Crippen MR) is 106 cm³/mol. The SMILES string of the molecule is CNC(=O)c1ccc(Sc2nnc(Cc3cccs3)n2C2CC2)c([N+](=O)[O-])c1. The van der Waals surface area contributed by atoms with Gasteiger partial charge in [-0.1, -0.05) is 6.07 Å². The van der Waals surface area contributed by atoms with Crippen molar-refractivity contribution >= 4 is 34.7 Å². The molecule has 0 aliphatic heterocycles. The van der Waals surface area contributed by atoms with Gasteiger partial charge in [0.25, 0.3) is 11.6 Å². The number of nitrogens with zero attached hydrogens (tertiary/aromatic N) is 4. The number of nitrogens with one attached hydrogen (secondary N) is 1. The molecule has 0 saturated heterocycles. The molecule has 2 aromatic heterocycles. The molecule has 2 heterocycles. The summed E-state index contributed by atoms with van der Waals surface area (Å²) >= 11 is 2.89. The molecule has 0 radical (unpaired) electrons. The highest BCUT2D eigenvalue weighted by Gasteiger charge is 2.31. The Kier molecular flexibility index (Phi) is 5.14. The molecule has 0 bridgehead atoms. The summed E-state index contributed by atoms with van der Waals surface area (Å²) < 4.78 is 2.10. The van der Waals surface area contributed by atoms with Gasteiger partial charge in [0.15, 0.2) is 5.16 Å². The second-order valence-corrected chi connectivity index (χ2v) is 8.42. The van der Waals surface area contributed by atoms with Gasteiger partial charge in [0.05, 0.1) is 9.82 Å². The largest absolute Gasteiger partial charge is 0.355 e. The fraction of sp³-hybridized carbons (Fsp3) is 0.278. The third-order valence-corrected chi connectivity index (χ3v) is 6.31. The van der Waals surface area contributed by atoms with Crippen LogP contribution in [0.5, 0.6) is 0 Å². The molecule has 0 atom stereocenters. The lowest BCUT2D eigenvalue weighted by atomic mass is 10.2. The van der Waals surface area contributed by atoms with Crippen molar-refractivity contribution in [2.75, 3.05) is 7.05 Å². The first kappa shape index (κ1) is 18.6. The summed E-state index contributed by atoms with van der Waals surface area (Å²) in [5.74, 6) is 0.510. The molecule has 144 valence electrons. The fourth-order valence-electron chi connectivity index (χ4n) is 2.90. The number of nitro benzene ring substituents is 1. The van der Waals surface area contributed by atoms with Crippen LogP contribution in [0, 0.1) is 10.1 Å². The van der Waals surface area contributed by atoms with E-state index in [4.69, 9.17) is 0 Å². The Labute approximate surface area is 169 Å². The molecule has 1 aliphatic rings. The van der Waals surface area contributed by atoms with Gasteiger partial charge >= 0.3 is 0 Å². The molecule has 0 unspecified atom stereocenters. The molecule has 28 heavy (non-hydrogen) atoms. The predicted octanol–water partition coefficient (Wildman–Crippen LogP) is 3.68. The molecule has 1 saturated carbocycles. The molecule has 1 amide bonds. The number of hydrogen-bond donors (Lipinski definition) is 1. The van der Waals surface area contributed by atoms with Gasteiger partial charge in [0.2, 0.25) is 0 Å². The molecule has 1 aliphatic carbocycles. The van der Waals surface area contributed by atoms with Crippen LogP contribution in [0.3, 0.4) is 0 Å². The zero-order valence-corrected chi connectivity index (χ0v) is 16.6. The summed E-state index contributed by atoms with van der Waals surface area (Å²) in [6.07, 6.45) is 2.81. The van der Waals surface area contributed by atoms with Crippen LogP contribution in [0.4, 0.5) is 5.69 Å². The average Bonchev–Trinajstić information content (AvgIpc) is 3.25. The van der Waals surface area contributed by atoms with Gasteiger partial charge in [0, 0.05) is 36.0 Å². The summed E-state index contributed by atoms with van der Waals surface area (Å²) in [7, 11) is 1.49. The van der Waals surface area contributed by atoms with Crippen LogP contribution < -0.4 is 5.32 Å². The number of nitro groups is 1. The summed E-state index contributed by atoms with van der Waals surface area (Å²) in [4.78, 5) is 24.5. The van der Waals surface area contributed by atoms with Gasteiger partial charge in [-0.15, -0.1) is 21.5 Å². The molecular formula is C18H17N5O3S2. The van der Waals surface area contributed by atoms with Crippen molar-refractivity contribution in [1.82, 2.24) is 20.1 Å². The Balaban J connectivity index is 1.66. The highest BCUT2D eigenvalue weighted by atomic mass is 32.2. The summed E-state index contributed by atoms with van der Waals surface area (Å²) in [5.41, 5.74) is 0.136. The Hall–Kier alpha value is -2.72. The molecular weight excluding hydrogens is 398 g/mol. The van der Waals surface area contributed by atoms with Gasteiger partial charge in [-0.25, -0.2) is 0 Å². The van der Waals surface area contributed by atoms with E-state index in [-0.39, 0.29) is 17.2 Å². The van der Waals surface area contributed by atoms with Gasteiger partial charge in [0.1, 0.15) is 5.82 Å². The number of amides is 1. The highest BCUT2D eigenvalue weighted by Crippen LogP contribution is 2.42. The zero-order valence-electron chi connectivity index (χ0n) is 15.0. The Morgan fingerprint density at radius 3 is 2.86 bits per heavy atom. The number of aromatic nitrogens is 3. The number of carbonyl (C=O) groups is 1. The van der Waals surface area contributed by atoms with Gasteiger partial charge < -0.3 is 9.88 Å². The summed E-state index contributed by atoms with van der Waals surface area (Å²) in [5, 5.41) is 25.3. The minimum atomic E-state index is -0.473. The van der Waals surface area contributed by atoms with Crippen LogP contribution >= 0.6 is 23.1 Å². The van der Waals surface area contributed by atoms with E-state index in [1.165, 1.54) is 29.8 Å². The third-order valence-electron chi connectivity index (χ3n) is 4.41. The van der Waals surface area contributed by atoms with E-state index in [0.29, 0.717) is 22.5 Å². The normalized spacial score (nSPS) is 13.5. The first-order chi connectivity index (χ1) is 13.6. The van der Waals surface area contributed by atoms with E-state index in [9.17, 15) is 14.9 Å². The maximum Gasteiger partial charge on any atom is 0.284 e. The van der Waals surface area contributed by atoms with Gasteiger partial charge in [-0.2, -0.15) is 0 Å². The number of rotatable bonds is 7. The van der Waals surface area contributed by atoms with Gasteiger partial charge in [-0.05, 0) is 48.2 Å². The van der Waals surface area contributed by atoms with Crippen molar-refractivity contribution < 1.29 is 9.72 Å². The van der Waals surface area contributed by atoms with E-state index in [1.807, 2.05) is 11.4 Å². The number of thiophene rings is 1. The highest BCUT2D eigenvalue weighted by molar-refractivity contribution is 7.99. The number of carbonyl (C=O) groups excluding carboxylic acids is 1. The van der Waals surface area contributed by atoms with Crippen molar-refractivity contribution in [3.8, 4) is 0 Å². The molecule has 0 spiro atoms. The Morgan fingerprint density at radius 1 is 1.39 bits per heavy atom. The average molecular weight is 416 g/mol. The van der Waals surface area contributed by atoms with Crippen LogP contribution in [-0.2, 0) is 6.42 Å². The minimum absolute atomic E-state index is 0.115. The van der Waals surface area contributed by atoms with E-state index >= 15 is 0 Å². The lowest BCUT2D eigenvalue weighted by Gasteiger charge is -2.09. The second kappa shape index (κ2) is 7.72. The quantitative estimate of drug-likeness (QED) is 0.466. The maximum atomic E-state index is 11.8. The molecule has 1 aromatic carbocycles.